The molecule has 0 fully saturated rings. The van der Waals surface area contributed by atoms with Crippen LogP contribution in [-0.4, -0.2) is 4.98 Å². The molecule has 2 N–H and O–H groups in total. The predicted molar refractivity (Wildman–Crippen MR) is 75.6 cm³/mol. The normalized spacial score (nSPS) is 10.9. The summed E-state index contributed by atoms with van der Waals surface area (Å²) in [6.45, 7) is 2.14. The maximum absolute atomic E-state index is 6.04. The van der Waals surface area contributed by atoms with Crippen molar-refractivity contribution in [1.82, 2.24) is 4.98 Å². The van der Waals surface area contributed by atoms with Gasteiger partial charge in [-0.3, -0.25) is 4.98 Å². The van der Waals surface area contributed by atoms with Crippen molar-refractivity contribution in [3.05, 3.63) is 32.8 Å². The number of aromatic nitrogens is 1. The highest BCUT2D eigenvalue weighted by atomic mass is 79.9. The van der Waals surface area contributed by atoms with Gasteiger partial charge in [0.15, 0.2) is 0 Å². The molecule has 2 aromatic rings. The first-order valence-electron chi connectivity index (χ1n) is 5.16. The number of hydrogen-bond acceptors (Lipinski definition) is 2. The number of nitrogens with two attached hydrogens (primary N) is 1. The minimum atomic E-state index is 0.787. The second kappa shape index (κ2) is 4.72. The number of rotatable bonds is 2. The van der Waals surface area contributed by atoms with Crippen molar-refractivity contribution >= 4 is 48.5 Å². The van der Waals surface area contributed by atoms with Gasteiger partial charge in [0.2, 0.25) is 0 Å². The number of halogens is 2. The Balaban J connectivity index is 2.71. The molecule has 0 radical (unpaired) electrons. The fourth-order valence-electron chi connectivity index (χ4n) is 1.72. The summed E-state index contributed by atoms with van der Waals surface area (Å²) in [4.78, 5) is 4.62. The first-order valence-corrected chi connectivity index (χ1v) is 6.74. The monoisotopic (exact) mass is 342 g/mol. The molecule has 0 bridgehead atoms. The average molecular weight is 344 g/mol. The molecule has 0 spiro atoms. The van der Waals surface area contributed by atoms with Gasteiger partial charge in [-0.05, 0) is 40.5 Å². The third-order valence-corrected chi connectivity index (χ3v) is 3.49. The van der Waals surface area contributed by atoms with Crippen molar-refractivity contribution in [3.8, 4) is 0 Å². The molecule has 0 amide bonds. The first-order chi connectivity index (χ1) is 7.61. The Morgan fingerprint density at radius 3 is 2.69 bits per heavy atom. The lowest BCUT2D eigenvalue weighted by Crippen LogP contribution is -1.96. The zero-order chi connectivity index (χ0) is 11.7. The lowest BCUT2D eigenvalue weighted by atomic mass is 10.1. The van der Waals surface area contributed by atoms with E-state index in [4.69, 9.17) is 5.73 Å². The van der Waals surface area contributed by atoms with E-state index < -0.39 is 0 Å². The summed E-state index contributed by atoms with van der Waals surface area (Å²) >= 11 is 6.97. The smallest absolute Gasteiger partial charge is 0.0868 e. The average Bonchev–Trinajstić information content (AvgIpc) is 2.20. The van der Waals surface area contributed by atoms with Crippen molar-refractivity contribution < 1.29 is 0 Å². The summed E-state index contributed by atoms with van der Waals surface area (Å²) in [5.41, 5.74) is 8.82. The van der Waals surface area contributed by atoms with Gasteiger partial charge in [-0.25, -0.2) is 0 Å². The Morgan fingerprint density at radius 1 is 1.25 bits per heavy atom. The molecule has 0 saturated heterocycles. The van der Waals surface area contributed by atoms with Gasteiger partial charge in [-0.2, -0.15) is 0 Å². The standard InChI is InChI=1S/C12H12Br2N2/c1-2-3-8-6-11(15)9-4-7(13)5-10(14)12(9)16-8/h4-6H,2-3H2,1H3,(H2,15,16). The van der Waals surface area contributed by atoms with Crippen LogP contribution in [0.15, 0.2) is 27.1 Å². The molecule has 2 nitrogen and oxygen atoms in total. The lowest BCUT2D eigenvalue weighted by molar-refractivity contribution is 0.890. The first kappa shape index (κ1) is 11.9. The number of nitrogen functional groups attached to an aromatic ring is 1. The van der Waals surface area contributed by atoms with E-state index >= 15 is 0 Å². The molecule has 1 aromatic heterocycles. The van der Waals surface area contributed by atoms with E-state index in [1.54, 1.807) is 0 Å². The summed E-state index contributed by atoms with van der Waals surface area (Å²) in [5, 5.41) is 0.987. The summed E-state index contributed by atoms with van der Waals surface area (Å²) in [6, 6.07) is 5.95. The van der Waals surface area contributed by atoms with Crippen LogP contribution < -0.4 is 5.73 Å². The molecule has 84 valence electrons. The van der Waals surface area contributed by atoms with Gasteiger partial charge in [-0.1, -0.05) is 29.3 Å². The molecule has 2 rings (SSSR count). The molecule has 16 heavy (non-hydrogen) atoms. The Labute approximate surface area is 112 Å². The van der Waals surface area contributed by atoms with Gasteiger partial charge in [0.05, 0.1) is 5.52 Å². The topological polar surface area (TPSA) is 38.9 Å². The molecule has 1 heterocycles. The SMILES string of the molecule is CCCc1cc(N)c2cc(Br)cc(Br)c2n1. The van der Waals surface area contributed by atoms with Gasteiger partial charge >= 0.3 is 0 Å². The van der Waals surface area contributed by atoms with Gasteiger partial charge in [0.25, 0.3) is 0 Å². The third kappa shape index (κ3) is 2.23. The van der Waals surface area contributed by atoms with Crippen molar-refractivity contribution in [3.63, 3.8) is 0 Å². The van der Waals surface area contributed by atoms with Crippen LogP contribution in [0.25, 0.3) is 10.9 Å². The molecular weight excluding hydrogens is 332 g/mol. The van der Waals surface area contributed by atoms with Crippen molar-refractivity contribution in [1.29, 1.82) is 0 Å². The van der Waals surface area contributed by atoms with Crippen molar-refractivity contribution in [2.45, 2.75) is 19.8 Å². The van der Waals surface area contributed by atoms with E-state index in [0.29, 0.717) is 0 Å². The fraction of sp³-hybridized carbons (Fsp3) is 0.250. The van der Waals surface area contributed by atoms with Crippen LogP contribution in [0.1, 0.15) is 19.0 Å². The Kier molecular flexibility index (Phi) is 3.50. The summed E-state index contributed by atoms with van der Waals surface area (Å²) < 4.78 is 1.98. The second-order valence-corrected chi connectivity index (χ2v) is 5.51. The number of anilines is 1. The number of benzene rings is 1. The third-order valence-electron chi connectivity index (χ3n) is 2.42. The van der Waals surface area contributed by atoms with E-state index in [-0.39, 0.29) is 0 Å². The number of fused-ring (bicyclic) bond motifs is 1. The summed E-state index contributed by atoms with van der Waals surface area (Å²) in [6.07, 6.45) is 2.04. The molecule has 0 aliphatic rings. The molecule has 0 atom stereocenters. The highest BCUT2D eigenvalue weighted by molar-refractivity contribution is 9.11. The zero-order valence-corrected chi connectivity index (χ0v) is 12.1. The minimum Gasteiger partial charge on any atom is -0.398 e. The zero-order valence-electron chi connectivity index (χ0n) is 8.93. The van der Waals surface area contributed by atoms with Crippen LogP contribution in [0.5, 0.6) is 0 Å². The lowest BCUT2D eigenvalue weighted by Gasteiger charge is -2.07. The molecule has 0 saturated carbocycles. The molecule has 0 aliphatic heterocycles. The van der Waals surface area contributed by atoms with Crippen LogP contribution in [-0.2, 0) is 6.42 Å². The van der Waals surface area contributed by atoms with Crippen molar-refractivity contribution in [2.75, 3.05) is 5.73 Å². The van der Waals surface area contributed by atoms with E-state index in [0.717, 1.165) is 44.1 Å². The van der Waals surface area contributed by atoms with E-state index in [9.17, 15) is 0 Å². The number of nitrogens with zero attached hydrogens (tertiary/aromatic N) is 1. The molecule has 1 aromatic carbocycles. The minimum absolute atomic E-state index is 0.787. The molecule has 4 heteroatoms. The number of aryl methyl sites for hydroxylation is 1. The van der Waals surface area contributed by atoms with E-state index in [1.165, 1.54) is 0 Å². The van der Waals surface area contributed by atoms with Gasteiger partial charge in [0, 0.05) is 25.7 Å². The second-order valence-electron chi connectivity index (χ2n) is 3.74. The van der Waals surface area contributed by atoms with E-state index in [1.807, 2.05) is 18.2 Å². The largest absolute Gasteiger partial charge is 0.398 e. The maximum atomic E-state index is 6.04. The fourth-order valence-corrected chi connectivity index (χ4v) is 3.03. The van der Waals surface area contributed by atoms with Crippen LogP contribution in [0.4, 0.5) is 5.69 Å². The highest BCUT2D eigenvalue weighted by Crippen LogP contribution is 2.31. The Morgan fingerprint density at radius 2 is 2.00 bits per heavy atom. The molecule has 0 unspecified atom stereocenters. The number of pyridine rings is 1. The quantitative estimate of drug-likeness (QED) is 0.883. The number of hydrogen-bond donors (Lipinski definition) is 1. The Bertz CT molecular complexity index is 538. The van der Waals surface area contributed by atoms with Gasteiger partial charge in [0.1, 0.15) is 0 Å². The summed E-state index contributed by atoms with van der Waals surface area (Å²) in [7, 11) is 0. The molecular formula is C12H12Br2N2. The Hall–Kier alpha value is -0.610. The van der Waals surface area contributed by atoms with Crippen molar-refractivity contribution in [2.24, 2.45) is 0 Å². The maximum Gasteiger partial charge on any atom is 0.0868 e. The van der Waals surface area contributed by atoms with Crippen LogP contribution in [0.3, 0.4) is 0 Å². The van der Waals surface area contributed by atoms with Gasteiger partial charge in [-0.15, -0.1) is 0 Å². The highest BCUT2D eigenvalue weighted by Gasteiger charge is 2.07. The van der Waals surface area contributed by atoms with E-state index in [2.05, 4.69) is 43.8 Å². The predicted octanol–water partition coefficient (Wildman–Crippen LogP) is 4.29. The van der Waals surface area contributed by atoms with Crippen LogP contribution in [0, 0.1) is 0 Å². The van der Waals surface area contributed by atoms with Gasteiger partial charge < -0.3 is 5.73 Å². The molecule has 0 aliphatic carbocycles. The van der Waals surface area contributed by atoms with Crippen LogP contribution in [0.2, 0.25) is 0 Å². The van der Waals surface area contributed by atoms with Crippen LogP contribution >= 0.6 is 31.9 Å². The summed E-state index contributed by atoms with van der Waals surface area (Å²) in [5.74, 6) is 0.